The largest absolute Gasteiger partial charge is 0.280 e. The minimum Gasteiger partial charge on any atom is -0.273 e. The Bertz CT molecular complexity index is 915. The number of rotatable bonds is 4. The Morgan fingerprint density at radius 2 is 2.09 bits per heavy atom. The molecule has 0 bridgehead atoms. The summed E-state index contributed by atoms with van der Waals surface area (Å²) < 4.78 is 1.13. The van der Waals surface area contributed by atoms with E-state index in [1.165, 1.54) is 17.7 Å². The third-order valence-electron chi connectivity index (χ3n) is 3.37. The standard InChI is InChI=1S/C16H14ClN3O2S/c1-2-12-8-13-15(23-12)18-9-20(16(13)22)19-14(21)7-10-3-5-11(17)6-4-10/h3-6,8-9H,2,7H2,1H3,(H,19,21). The molecule has 0 aliphatic rings. The predicted molar refractivity (Wildman–Crippen MR) is 92.8 cm³/mol. The van der Waals surface area contributed by atoms with Gasteiger partial charge < -0.3 is 0 Å². The third-order valence-corrected chi connectivity index (χ3v) is 4.81. The lowest BCUT2D eigenvalue weighted by Crippen LogP contribution is -2.33. The maximum atomic E-state index is 12.4. The van der Waals surface area contributed by atoms with Gasteiger partial charge >= 0.3 is 0 Å². The van der Waals surface area contributed by atoms with Crippen molar-refractivity contribution in [2.75, 3.05) is 5.43 Å². The Hall–Kier alpha value is -2.18. The fourth-order valence-electron chi connectivity index (χ4n) is 2.19. The predicted octanol–water partition coefficient (Wildman–Crippen LogP) is 2.99. The molecule has 1 amide bonds. The zero-order chi connectivity index (χ0) is 16.4. The van der Waals surface area contributed by atoms with Gasteiger partial charge in [0.2, 0.25) is 5.91 Å². The van der Waals surface area contributed by atoms with E-state index in [-0.39, 0.29) is 17.9 Å². The van der Waals surface area contributed by atoms with E-state index in [1.807, 2.05) is 13.0 Å². The van der Waals surface area contributed by atoms with E-state index in [4.69, 9.17) is 11.6 Å². The molecule has 0 radical (unpaired) electrons. The van der Waals surface area contributed by atoms with Crippen LogP contribution in [0, 0.1) is 0 Å². The summed E-state index contributed by atoms with van der Waals surface area (Å²) >= 11 is 7.31. The number of aromatic nitrogens is 2. The maximum Gasteiger partial charge on any atom is 0.280 e. The highest BCUT2D eigenvalue weighted by molar-refractivity contribution is 7.18. The van der Waals surface area contributed by atoms with Gasteiger partial charge in [-0.3, -0.25) is 15.0 Å². The quantitative estimate of drug-likeness (QED) is 0.789. The fourth-order valence-corrected chi connectivity index (χ4v) is 3.24. The van der Waals surface area contributed by atoms with Gasteiger partial charge in [0.25, 0.3) is 5.56 Å². The van der Waals surface area contributed by atoms with Gasteiger partial charge in [0, 0.05) is 9.90 Å². The number of amides is 1. The van der Waals surface area contributed by atoms with E-state index in [9.17, 15) is 9.59 Å². The van der Waals surface area contributed by atoms with Gasteiger partial charge in [0.05, 0.1) is 11.8 Å². The van der Waals surface area contributed by atoms with Crippen LogP contribution in [0.5, 0.6) is 0 Å². The normalized spacial score (nSPS) is 10.9. The smallest absolute Gasteiger partial charge is 0.273 e. The van der Waals surface area contributed by atoms with Crippen LogP contribution in [0.1, 0.15) is 17.4 Å². The number of fused-ring (bicyclic) bond motifs is 1. The fraction of sp³-hybridized carbons (Fsp3) is 0.188. The van der Waals surface area contributed by atoms with Crippen LogP contribution in [-0.4, -0.2) is 15.6 Å². The second-order valence-electron chi connectivity index (χ2n) is 5.04. The van der Waals surface area contributed by atoms with E-state index >= 15 is 0 Å². The highest BCUT2D eigenvalue weighted by atomic mass is 35.5. The zero-order valence-electron chi connectivity index (χ0n) is 12.4. The molecule has 0 saturated carbocycles. The molecule has 0 unspecified atom stereocenters. The monoisotopic (exact) mass is 347 g/mol. The van der Waals surface area contributed by atoms with Crippen LogP contribution in [0.3, 0.4) is 0 Å². The first-order chi connectivity index (χ1) is 11.1. The van der Waals surface area contributed by atoms with Crippen LogP contribution in [0.15, 0.2) is 41.5 Å². The molecule has 0 spiro atoms. The number of aryl methyl sites for hydroxylation is 1. The lowest BCUT2D eigenvalue weighted by molar-refractivity contribution is -0.116. The maximum absolute atomic E-state index is 12.4. The van der Waals surface area contributed by atoms with Crippen molar-refractivity contribution < 1.29 is 4.79 Å². The number of nitrogens with zero attached hydrogens (tertiary/aromatic N) is 2. The minimum atomic E-state index is -0.290. The number of hydrogen-bond donors (Lipinski definition) is 1. The Labute approximate surface area is 141 Å². The molecule has 2 heterocycles. The molecule has 3 rings (SSSR count). The third kappa shape index (κ3) is 3.43. The highest BCUT2D eigenvalue weighted by Crippen LogP contribution is 2.20. The summed E-state index contributed by atoms with van der Waals surface area (Å²) in [4.78, 5) is 30.5. The molecule has 5 nitrogen and oxygen atoms in total. The second kappa shape index (κ2) is 6.52. The Morgan fingerprint density at radius 3 is 2.78 bits per heavy atom. The average Bonchev–Trinajstić information content (AvgIpc) is 2.96. The first-order valence-electron chi connectivity index (χ1n) is 7.11. The van der Waals surface area contributed by atoms with Gasteiger partial charge in [-0.2, -0.15) is 0 Å². The van der Waals surface area contributed by atoms with Crippen molar-refractivity contribution in [3.8, 4) is 0 Å². The molecule has 0 atom stereocenters. The van der Waals surface area contributed by atoms with Crippen LogP contribution in [0.25, 0.3) is 10.2 Å². The summed E-state index contributed by atoms with van der Waals surface area (Å²) in [5.74, 6) is -0.290. The van der Waals surface area contributed by atoms with E-state index in [0.29, 0.717) is 15.2 Å². The van der Waals surface area contributed by atoms with Gasteiger partial charge in [0.1, 0.15) is 11.2 Å². The summed E-state index contributed by atoms with van der Waals surface area (Å²) in [6.07, 6.45) is 2.36. The van der Waals surface area contributed by atoms with E-state index in [0.717, 1.165) is 21.5 Å². The van der Waals surface area contributed by atoms with Gasteiger partial charge in [0.15, 0.2) is 0 Å². The van der Waals surface area contributed by atoms with E-state index in [1.54, 1.807) is 24.3 Å². The molecule has 1 aromatic carbocycles. The molecule has 118 valence electrons. The lowest BCUT2D eigenvalue weighted by Gasteiger charge is -2.07. The van der Waals surface area contributed by atoms with Crippen LogP contribution >= 0.6 is 22.9 Å². The Kier molecular flexibility index (Phi) is 4.45. The first kappa shape index (κ1) is 15.7. The molecule has 23 heavy (non-hydrogen) atoms. The number of halogens is 1. The van der Waals surface area contributed by atoms with Crippen molar-refractivity contribution in [3.63, 3.8) is 0 Å². The number of nitrogens with one attached hydrogen (secondary N) is 1. The highest BCUT2D eigenvalue weighted by Gasteiger charge is 2.10. The van der Waals surface area contributed by atoms with Crippen molar-refractivity contribution in [2.24, 2.45) is 0 Å². The van der Waals surface area contributed by atoms with Crippen molar-refractivity contribution in [3.05, 3.63) is 62.5 Å². The Morgan fingerprint density at radius 1 is 1.35 bits per heavy atom. The summed E-state index contributed by atoms with van der Waals surface area (Å²) in [6, 6.07) is 8.83. The van der Waals surface area contributed by atoms with Crippen molar-refractivity contribution in [1.29, 1.82) is 0 Å². The van der Waals surface area contributed by atoms with Gasteiger partial charge in [-0.15, -0.1) is 11.3 Å². The molecule has 0 saturated heterocycles. The summed E-state index contributed by atoms with van der Waals surface area (Å²) in [5, 5.41) is 1.14. The number of hydrogen-bond acceptors (Lipinski definition) is 4. The molecule has 2 aromatic heterocycles. The van der Waals surface area contributed by atoms with Gasteiger partial charge in [-0.05, 0) is 30.2 Å². The molecule has 0 aliphatic heterocycles. The summed E-state index contributed by atoms with van der Waals surface area (Å²) in [5.41, 5.74) is 3.12. The van der Waals surface area contributed by atoms with Gasteiger partial charge in [-0.1, -0.05) is 30.7 Å². The molecule has 0 fully saturated rings. The number of thiophene rings is 1. The first-order valence-corrected chi connectivity index (χ1v) is 8.30. The lowest BCUT2D eigenvalue weighted by atomic mass is 10.1. The van der Waals surface area contributed by atoms with Crippen molar-refractivity contribution >= 4 is 39.1 Å². The molecular formula is C16H14ClN3O2S. The van der Waals surface area contributed by atoms with Crippen LogP contribution in [-0.2, 0) is 17.6 Å². The zero-order valence-corrected chi connectivity index (χ0v) is 13.9. The van der Waals surface area contributed by atoms with Crippen LogP contribution < -0.4 is 11.0 Å². The summed E-state index contributed by atoms with van der Waals surface area (Å²) in [6.45, 7) is 2.02. The average molecular weight is 348 g/mol. The van der Waals surface area contributed by atoms with E-state index < -0.39 is 0 Å². The number of benzene rings is 1. The second-order valence-corrected chi connectivity index (χ2v) is 6.59. The van der Waals surface area contributed by atoms with Crippen LogP contribution in [0.4, 0.5) is 0 Å². The Balaban J connectivity index is 1.80. The number of carbonyl (C=O) groups excluding carboxylic acids is 1. The molecule has 0 aliphatic carbocycles. The molecule has 1 N–H and O–H groups in total. The van der Waals surface area contributed by atoms with Crippen molar-refractivity contribution in [2.45, 2.75) is 19.8 Å². The van der Waals surface area contributed by atoms with Gasteiger partial charge in [-0.25, -0.2) is 9.66 Å². The SMILES string of the molecule is CCc1cc2c(=O)n(NC(=O)Cc3ccc(Cl)cc3)cnc2s1. The van der Waals surface area contributed by atoms with Crippen LogP contribution in [0.2, 0.25) is 5.02 Å². The number of carbonyl (C=O) groups is 1. The molecule has 7 heteroatoms. The topological polar surface area (TPSA) is 64.0 Å². The molecular weight excluding hydrogens is 334 g/mol. The minimum absolute atomic E-state index is 0.158. The van der Waals surface area contributed by atoms with E-state index in [2.05, 4.69) is 10.4 Å². The molecule has 3 aromatic rings. The van der Waals surface area contributed by atoms with Crippen molar-refractivity contribution in [1.82, 2.24) is 9.66 Å². The summed E-state index contributed by atoms with van der Waals surface area (Å²) in [7, 11) is 0.